The van der Waals surface area contributed by atoms with Crippen LogP contribution in [0, 0.1) is 0 Å². The number of hydrogen-bond donors (Lipinski definition) is 1. The van der Waals surface area contributed by atoms with E-state index in [-0.39, 0.29) is 17.2 Å². The maximum absolute atomic E-state index is 12.9. The normalized spacial score (nSPS) is 10.8. The van der Waals surface area contributed by atoms with Gasteiger partial charge < -0.3 is 14.6 Å². The van der Waals surface area contributed by atoms with Crippen LogP contribution in [0.2, 0.25) is 5.02 Å². The Bertz CT molecular complexity index is 1150. The molecule has 0 saturated carbocycles. The van der Waals surface area contributed by atoms with Gasteiger partial charge in [0.25, 0.3) is 11.5 Å². The van der Waals surface area contributed by atoms with E-state index in [0.717, 1.165) is 10.6 Å². The quantitative estimate of drug-likeness (QED) is 0.498. The number of hydrogen-bond acceptors (Lipinski definition) is 5. The van der Waals surface area contributed by atoms with E-state index >= 15 is 0 Å². The number of ether oxygens (including phenoxy) is 1. The Hall–Kier alpha value is -3.29. The zero-order valence-corrected chi connectivity index (χ0v) is 19.2. The Morgan fingerprint density at radius 2 is 1.88 bits per heavy atom. The van der Waals surface area contributed by atoms with Crippen molar-refractivity contribution in [2.45, 2.75) is 26.5 Å². The van der Waals surface area contributed by atoms with Crippen LogP contribution in [0.3, 0.4) is 0 Å². The zero-order chi connectivity index (χ0) is 23.3. The third-order valence-corrected chi connectivity index (χ3v) is 4.98. The van der Waals surface area contributed by atoms with E-state index in [1.807, 2.05) is 44.2 Å². The lowest BCUT2D eigenvalue weighted by atomic mass is 10.1. The predicted octanol–water partition coefficient (Wildman–Crippen LogP) is 4.71. The van der Waals surface area contributed by atoms with Crippen LogP contribution in [0.25, 0.3) is 0 Å². The minimum absolute atomic E-state index is 0.0164. The molecule has 0 aliphatic carbocycles. The molecule has 2 aromatic carbocycles. The molecule has 0 unspecified atom stereocenters. The molecule has 0 aliphatic heterocycles. The number of nitrogens with zero attached hydrogens (tertiary/aromatic N) is 2. The van der Waals surface area contributed by atoms with Crippen LogP contribution in [0.15, 0.2) is 65.6 Å². The fourth-order valence-electron chi connectivity index (χ4n) is 3.09. The highest BCUT2D eigenvalue weighted by Gasteiger charge is 2.19. The van der Waals surface area contributed by atoms with E-state index in [1.165, 1.54) is 31.0 Å². The summed E-state index contributed by atoms with van der Waals surface area (Å²) in [7, 11) is 2.91. The van der Waals surface area contributed by atoms with Crippen LogP contribution in [-0.4, -0.2) is 35.8 Å². The number of hydroxylamine groups is 2. The summed E-state index contributed by atoms with van der Waals surface area (Å²) >= 11 is 6.34. The Labute approximate surface area is 192 Å². The number of carbonyl (C=O) groups excluding carboxylic acids is 1. The maximum Gasteiger partial charge on any atom is 0.280 e. The van der Waals surface area contributed by atoms with Gasteiger partial charge in [0.2, 0.25) is 0 Å². The molecule has 8 heteroatoms. The van der Waals surface area contributed by atoms with Crippen molar-refractivity contribution in [1.29, 1.82) is 0 Å². The highest BCUT2D eigenvalue weighted by atomic mass is 35.5. The summed E-state index contributed by atoms with van der Waals surface area (Å²) in [6.45, 7) is 4.16. The molecule has 3 aromatic rings. The summed E-state index contributed by atoms with van der Waals surface area (Å²) < 4.78 is 7.15. The van der Waals surface area contributed by atoms with Crippen molar-refractivity contribution in [2.24, 2.45) is 0 Å². The van der Waals surface area contributed by atoms with Gasteiger partial charge in [-0.15, -0.1) is 0 Å². The SMILES string of the molecule is CON(C)C(=O)c1cn(Cc2ccccc2)c(=O)cc1Nc1ccc(OC(C)C)c(Cl)c1. The summed E-state index contributed by atoms with van der Waals surface area (Å²) in [6.07, 6.45) is 1.52. The van der Waals surface area contributed by atoms with Crippen LogP contribution in [0.5, 0.6) is 5.75 Å². The van der Waals surface area contributed by atoms with Gasteiger partial charge >= 0.3 is 0 Å². The van der Waals surface area contributed by atoms with Gasteiger partial charge in [0.15, 0.2) is 0 Å². The first-order valence-corrected chi connectivity index (χ1v) is 10.5. The number of rotatable bonds is 8. The number of nitrogens with one attached hydrogen (secondary N) is 1. The standard InChI is InChI=1S/C24H26ClN3O4/c1-16(2)32-22-11-10-18(12-20(22)25)26-21-13-23(29)28(14-17-8-6-5-7-9-17)15-19(21)24(30)27(3)31-4/h5-13,15-16,26H,14H2,1-4H3. The van der Waals surface area contributed by atoms with Crippen LogP contribution < -0.4 is 15.6 Å². The van der Waals surface area contributed by atoms with Crippen molar-refractivity contribution >= 4 is 28.9 Å². The highest BCUT2D eigenvalue weighted by molar-refractivity contribution is 6.32. The first kappa shape index (κ1) is 23.4. The van der Waals surface area contributed by atoms with Crippen molar-refractivity contribution in [3.8, 4) is 5.75 Å². The monoisotopic (exact) mass is 455 g/mol. The van der Waals surface area contributed by atoms with Crippen LogP contribution in [0.1, 0.15) is 29.8 Å². The lowest BCUT2D eigenvalue weighted by Crippen LogP contribution is -2.29. The Morgan fingerprint density at radius 1 is 1.16 bits per heavy atom. The zero-order valence-electron chi connectivity index (χ0n) is 18.5. The van der Waals surface area contributed by atoms with Gasteiger partial charge in [-0.25, -0.2) is 5.06 Å². The third kappa shape index (κ3) is 5.69. The first-order chi connectivity index (χ1) is 15.3. The van der Waals surface area contributed by atoms with Gasteiger partial charge in [0.1, 0.15) is 5.75 Å². The summed E-state index contributed by atoms with van der Waals surface area (Å²) in [4.78, 5) is 30.8. The molecule has 0 aliphatic rings. The molecular weight excluding hydrogens is 430 g/mol. The van der Waals surface area contributed by atoms with Gasteiger partial charge in [0, 0.05) is 25.0 Å². The molecule has 0 atom stereocenters. The molecule has 0 radical (unpaired) electrons. The maximum atomic E-state index is 12.9. The van der Waals surface area contributed by atoms with E-state index in [0.29, 0.717) is 28.7 Å². The van der Waals surface area contributed by atoms with E-state index in [4.69, 9.17) is 21.2 Å². The molecule has 7 nitrogen and oxygen atoms in total. The van der Waals surface area contributed by atoms with Gasteiger partial charge in [-0.1, -0.05) is 41.9 Å². The average molecular weight is 456 g/mol. The van der Waals surface area contributed by atoms with E-state index < -0.39 is 5.91 Å². The summed E-state index contributed by atoms with van der Waals surface area (Å²) in [5, 5.41) is 4.65. The lowest BCUT2D eigenvalue weighted by molar-refractivity contribution is -0.0756. The largest absolute Gasteiger partial charge is 0.489 e. The molecule has 3 rings (SSSR count). The Morgan fingerprint density at radius 3 is 2.50 bits per heavy atom. The smallest absolute Gasteiger partial charge is 0.280 e. The second-order valence-corrected chi connectivity index (χ2v) is 7.88. The molecule has 32 heavy (non-hydrogen) atoms. The number of halogens is 1. The molecule has 1 amide bonds. The molecule has 1 N–H and O–H groups in total. The number of pyridine rings is 1. The number of aromatic nitrogens is 1. The summed E-state index contributed by atoms with van der Waals surface area (Å²) in [5.74, 6) is 0.156. The topological polar surface area (TPSA) is 72.8 Å². The van der Waals surface area contributed by atoms with Crippen molar-refractivity contribution in [3.05, 3.63) is 87.3 Å². The molecule has 0 fully saturated rings. The first-order valence-electron chi connectivity index (χ1n) is 10.1. The van der Waals surface area contributed by atoms with Crippen LogP contribution >= 0.6 is 11.6 Å². The molecule has 0 saturated heterocycles. The van der Waals surface area contributed by atoms with Gasteiger partial charge in [-0.05, 0) is 37.6 Å². The van der Waals surface area contributed by atoms with Crippen LogP contribution in [-0.2, 0) is 11.4 Å². The second kappa shape index (κ2) is 10.3. The minimum atomic E-state index is -0.400. The summed E-state index contributed by atoms with van der Waals surface area (Å²) in [5.41, 5.74) is 1.94. The summed E-state index contributed by atoms with van der Waals surface area (Å²) in [6, 6.07) is 16.1. The van der Waals surface area contributed by atoms with Gasteiger partial charge in [0.05, 0.1) is 36.0 Å². The molecular formula is C24H26ClN3O4. The molecule has 1 heterocycles. The molecule has 0 spiro atoms. The van der Waals surface area contributed by atoms with Crippen molar-refractivity contribution in [2.75, 3.05) is 19.5 Å². The molecule has 0 bridgehead atoms. The van der Waals surface area contributed by atoms with E-state index in [1.54, 1.807) is 18.2 Å². The third-order valence-electron chi connectivity index (χ3n) is 4.69. The lowest BCUT2D eigenvalue weighted by Gasteiger charge is -2.19. The van der Waals surface area contributed by atoms with Gasteiger partial charge in [-0.3, -0.25) is 14.4 Å². The second-order valence-electron chi connectivity index (χ2n) is 7.47. The van der Waals surface area contributed by atoms with Crippen LogP contribution in [0.4, 0.5) is 11.4 Å². The number of anilines is 2. The minimum Gasteiger partial charge on any atom is -0.489 e. The average Bonchev–Trinajstić information content (AvgIpc) is 2.77. The number of benzene rings is 2. The molecule has 168 valence electrons. The highest BCUT2D eigenvalue weighted by Crippen LogP contribution is 2.30. The molecule has 1 aromatic heterocycles. The number of carbonyl (C=O) groups is 1. The Balaban J connectivity index is 1.99. The van der Waals surface area contributed by atoms with E-state index in [2.05, 4.69) is 5.32 Å². The Kier molecular flexibility index (Phi) is 7.56. The fourth-order valence-corrected chi connectivity index (χ4v) is 3.31. The van der Waals surface area contributed by atoms with E-state index in [9.17, 15) is 9.59 Å². The number of amides is 1. The fraction of sp³-hybridized carbons (Fsp3) is 0.250. The van der Waals surface area contributed by atoms with Crippen molar-refractivity contribution in [1.82, 2.24) is 9.63 Å². The van der Waals surface area contributed by atoms with Crippen molar-refractivity contribution in [3.63, 3.8) is 0 Å². The van der Waals surface area contributed by atoms with Gasteiger partial charge in [-0.2, -0.15) is 0 Å². The van der Waals surface area contributed by atoms with Crippen molar-refractivity contribution < 1.29 is 14.4 Å². The predicted molar refractivity (Wildman–Crippen MR) is 126 cm³/mol.